The average Bonchev–Trinajstić information content (AvgIpc) is 2.91. The number of nitrogen functional groups attached to an aromatic ring is 1. The maximum atomic E-state index is 12.5. The van der Waals surface area contributed by atoms with E-state index < -0.39 is 25.1 Å². The van der Waals surface area contributed by atoms with E-state index in [-0.39, 0.29) is 80.6 Å². The molecule has 1 aromatic heterocycles. The van der Waals surface area contributed by atoms with Crippen LogP contribution in [0.1, 0.15) is 0 Å². The van der Waals surface area contributed by atoms with Crippen molar-refractivity contribution in [3.63, 3.8) is 0 Å². The summed E-state index contributed by atoms with van der Waals surface area (Å²) in [5, 5.41) is 3.84. The summed E-state index contributed by atoms with van der Waals surface area (Å²) in [6, 6.07) is 27.1. The van der Waals surface area contributed by atoms with Gasteiger partial charge < -0.3 is 11.1 Å². The SMILES string of the molecule is Nc1cc2c(cc1S(=O)(=O)O)nc1c3cccc(S(=O)(=O)O)c3c(Nc3ccccc3)cc1[n+]2-c1ccccc1.[Na+].[Na+]. The molecule has 0 saturated carbocycles. The molecule has 5 aromatic carbocycles. The van der Waals surface area contributed by atoms with Crippen LogP contribution in [0.2, 0.25) is 0 Å². The summed E-state index contributed by atoms with van der Waals surface area (Å²) >= 11 is 0. The number of rotatable bonds is 5. The molecule has 14 heteroatoms. The van der Waals surface area contributed by atoms with Crippen LogP contribution in [0.5, 0.6) is 0 Å². The minimum absolute atomic E-state index is 0. The molecule has 0 fully saturated rings. The predicted octanol–water partition coefficient (Wildman–Crippen LogP) is -1.35. The molecule has 10 nitrogen and oxygen atoms in total. The van der Waals surface area contributed by atoms with Crippen LogP contribution in [-0.4, -0.2) is 30.9 Å². The monoisotopic (exact) mass is 619 g/mol. The maximum Gasteiger partial charge on any atom is 1.00 e. The standard InChI is InChI=1S/C28H20N4O6S2.2Na/c29-20-14-23-21(16-26(20)40(36,37)38)31-28-19-12-7-13-25(39(33,34)35)27(19)22(30-17-8-3-1-4-9-17)15-24(28)32(23)18-10-5-2-6-11-18;;/h1-16H,(H4,29,30,33,34,35,36,37,38);;/q;2*+1/p+1. The van der Waals surface area contributed by atoms with Crippen molar-refractivity contribution in [1.82, 2.24) is 4.98 Å². The summed E-state index contributed by atoms with van der Waals surface area (Å²) < 4.78 is 70.7. The third kappa shape index (κ3) is 5.92. The topological polar surface area (TPSA) is 164 Å². The third-order valence-electron chi connectivity index (χ3n) is 6.52. The first-order valence-electron chi connectivity index (χ1n) is 11.9. The van der Waals surface area contributed by atoms with Crippen molar-refractivity contribution < 1.29 is 89.6 Å². The second-order valence-electron chi connectivity index (χ2n) is 9.07. The molecule has 0 saturated heterocycles. The third-order valence-corrected chi connectivity index (χ3v) is 8.32. The zero-order valence-electron chi connectivity index (χ0n) is 22.6. The molecule has 42 heavy (non-hydrogen) atoms. The fourth-order valence-electron chi connectivity index (χ4n) is 4.87. The fraction of sp³-hybridized carbons (Fsp3) is 0. The number of nitrogens with one attached hydrogen (secondary N) is 1. The molecular weight excluding hydrogens is 598 g/mol. The van der Waals surface area contributed by atoms with Crippen LogP contribution in [0, 0.1) is 0 Å². The normalized spacial score (nSPS) is 11.7. The van der Waals surface area contributed by atoms with Crippen molar-refractivity contribution >= 4 is 70.1 Å². The van der Waals surface area contributed by atoms with Crippen molar-refractivity contribution in [3.05, 3.63) is 97.1 Å². The molecule has 1 heterocycles. The molecule has 0 aliphatic heterocycles. The fourth-order valence-corrected chi connectivity index (χ4v) is 6.22. The van der Waals surface area contributed by atoms with Gasteiger partial charge in [-0.3, -0.25) is 9.11 Å². The van der Waals surface area contributed by atoms with Gasteiger partial charge in [0.25, 0.3) is 20.2 Å². The molecule has 0 spiro atoms. The van der Waals surface area contributed by atoms with E-state index >= 15 is 0 Å². The molecule has 0 aliphatic carbocycles. The van der Waals surface area contributed by atoms with Gasteiger partial charge in [-0.05, 0) is 24.3 Å². The van der Waals surface area contributed by atoms with E-state index in [9.17, 15) is 25.9 Å². The van der Waals surface area contributed by atoms with Gasteiger partial charge in [-0.15, -0.1) is 4.57 Å². The molecular formula is C28H21N4Na2O6S2+3. The zero-order chi connectivity index (χ0) is 28.2. The smallest absolute Gasteiger partial charge is 0.397 e. The van der Waals surface area contributed by atoms with Gasteiger partial charge in [0.15, 0.2) is 0 Å². The summed E-state index contributed by atoms with van der Waals surface area (Å²) in [5.41, 5.74) is 9.13. The molecule has 6 rings (SSSR count). The first-order chi connectivity index (χ1) is 19.0. The second kappa shape index (κ2) is 12.2. The largest absolute Gasteiger partial charge is 1.00 e. The van der Waals surface area contributed by atoms with E-state index in [1.165, 1.54) is 24.3 Å². The minimum Gasteiger partial charge on any atom is -0.397 e. The first kappa shape index (κ1) is 32.3. The summed E-state index contributed by atoms with van der Waals surface area (Å²) in [7, 11) is -9.32. The molecule has 0 unspecified atom stereocenters. The number of benzene rings is 5. The molecule has 5 N–H and O–H groups in total. The van der Waals surface area contributed by atoms with Gasteiger partial charge in [-0.1, -0.05) is 48.5 Å². The summed E-state index contributed by atoms with van der Waals surface area (Å²) in [6.45, 7) is 0. The Morgan fingerprint density at radius 1 is 0.714 bits per heavy atom. The molecule has 0 amide bonds. The Bertz CT molecular complexity index is 2200. The van der Waals surface area contributed by atoms with Gasteiger partial charge >= 0.3 is 59.1 Å². The Labute approximate surface area is 285 Å². The first-order valence-corrected chi connectivity index (χ1v) is 14.8. The summed E-state index contributed by atoms with van der Waals surface area (Å²) in [5.74, 6) is 0. The van der Waals surface area contributed by atoms with Crippen molar-refractivity contribution in [3.8, 4) is 5.69 Å². The number of hydrogen-bond donors (Lipinski definition) is 4. The van der Waals surface area contributed by atoms with E-state index in [0.29, 0.717) is 39.0 Å². The number of para-hydroxylation sites is 2. The van der Waals surface area contributed by atoms with Crippen LogP contribution in [0.4, 0.5) is 17.1 Å². The second-order valence-corrected chi connectivity index (χ2v) is 11.9. The Hall–Kier alpha value is -2.62. The van der Waals surface area contributed by atoms with Crippen LogP contribution in [-0.2, 0) is 20.2 Å². The molecule has 0 radical (unpaired) electrons. The predicted molar refractivity (Wildman–Crippen MR) is 152 cm³/mol. The van der Waals surface area contributed by atoms with Crippen molar-refractivity contribution in [2.24, 2.45) is 0 Å². The van der Waals surface area contributed by atoms with Crippen LogP contribution < -0.4 is 74.7 Å². The van der Waals surface area contributed by atoms with Crippen molar-refractivity contribution in [2.75, 3.05) is 11.1 Å². The number of anilines is 3. The van der Waals surface area contributed by atoms with E-state index in [0.717, 1.165) is 0 Å². The van der Waals surface area contributed by atoms with E-state index in [1.807, 2.05) is 65.2 Å². The Morgan fingerprint density at radius 3 is 1.95 bits per heavy atom. The number of nitrogens with two attached hydrogens (primary N) is 1. The van der Waals surface area contributed by atoms with Crippen LogP contribution in [0.15, 0.2) is 107 Å². The minimum atomic E-state index is -4.66. The van der Waals surface area contributed by atoms with E-state index in [2.05, 4.69) is 5.32 Å². The Kier molecular flexibility index (Phi) is 9.36. The van der Waals surface area contributed by atoms with Crippen molar-refractivity contribution in [1.29, 1.82) is 0 Å². The summed E-state index contributed by atoms with van der Waals surface area (Å²) in [6.07, 6.45) is 0. The van der Waals surface area contributed by atoms with Crippen molar-refractivity contribution in [2.45, 2.75) is 9.79 Å². The maximum absolute atomic E-state index is 12.5. The van der Waals surface area contributed by atoms with Gasteiger partial charge in [-0.25, -0.2) is 4.98 Å². The molecule has 0 aliphatic rings. The molecule has 200 valence electrons. The number of hydrogen-bond acceptors (Lipinski definition) is 7. The average molecular weight is 620 g/mol. The quantitative estimate of drug-likeness (QED) is 0.0456. The van der Waals surface area contributed by atoms with Crippen LogP contribution in [0.3, 0.4) is 0 Å². The van der Waals surface area contributed by atoms with Gasteiger partial charge in [0.2, 0.25) is 16.7 Å². The van der Waals surface area contributed by atoms with E-state index in [4.69, 9.17) is 10.7 Å². The van der Waals surface area contributed by atoms with Crippen LogP contribution >= 0.6 is 0 Å². The summed E-state index contributed by atoms with van der Waals surface area (Å²) in [4.78, 5) is 3.89. The van der Waals surface area contributed by atoms with E-state index in [1.54, 1.807) is 12.1 Å². The zero-order valence-corrected chi connectivity index (χ0v) is 28.2. The van der Waals surface area contributed by atoms with Gasteiger partial charge in [0.05, 0.1) is 11.4 Å². The molecule has 0 bridgehead atoms. The van der Waals surface area contributed by atoms with Gasteiger partial charge in [-0.2, -0.15) is 16.8 Å². The number of nitrogens with zero attached hydrogens (tertiary/aromatic N) is 2. The van der Waals surface area contributed by atoms with Crippen LogP contribution in [0.25, 0.3) is 38.5 Å². The molecule has 0 atom stereocenters. The number of aromatic nitrogens is 2. The van der Waals surface area contributed by atoms with Gasteiger partial charge in [0, 0.05) is 40.7 Å². The number of fused-ring (bicyclic) bond motifs is 4. The van der Waals surface area contributed by atoms with Gasteiger partial charge in [0.1, 0.15) is 20.8 Å². The molecule has 6 aromatic rings. The Morgan fingerprint density at radius 2 is 1.33 bits per heavy atom. The Balaban J connectivity index is 0.00000202.